The Morgan fingerprint density at radius 1 is 0.285 bits per heavy atom. The van der Waals surface area contributed by atoms with Gasteiger partial charge in [0.05, 0.1) is 60.8 Å². The Kier molecular flexibility index (Phi) is 46.6. The Balaban J connectivity index is 0.000000178. The van der Waals surface area contributed by atoms with Crippen LogP contribution in [0.1, 0.15) is 326 Å². The van der Waals surface area contributed by atoms with Gasteiger partial charge in [0.25, 0.3) is 0 Å². The number of hydrogen-bond donors (Lipinski definition) is 0. The minimum absolute atomic E-state index is 0.178. The third-order valence-corrected chi connectivity index (χ3v) is 47.2. The molecule has 0 bridgehead atoms. The summed E-state index contributed by atoms with van der Waals surface area (Å²) in [5, 5.41) is 2.09. The van der Waals surface area contributed by atoms with Gasteiger partial charge in [-0.05, 0) is 411 Å². The van der Waals surface area contributed by atoms with Gasteiger partial charge in [-0.1, -0.05) is 163 Å². The molecule has 0 spiro atoms. The van der Waals surface area contributed by atoms with E-state index in [1.54, 1.807) is 82.2 Å². The van der Waals surface area contributed by atoms with Crippen molar-refractivity contribution in [3.05, 3.63) is 236 Å². The van der Waals surface area contributed by atoms with Gasteiger partial charge >= 0.3 is 0 Å². The van der Waals surface area contributed by atoms with Crippen molar-refractivity contribution < 1.29 is 85.6 Å². The van der Waals surface area contributed by atoms with Crippen LogP contribution < -0.4 is 0 Å². The monoisotopic (exact) mass is 2140 g/mol. The highest BCUT2D eigenvalue weighted by Crippen LogP contribution is 2.49. The second kappa shape index (κ2) is 56.1. The molecule has 7 aromatic carbocycles. The normalized spacial score (nSPS) is 22.4. The molecule has 802 valence electrons. The molecule has 1 heterocycles. The predicted octanol–water partition coefficient (Wildman–Crippen LogP) is 29.7. The van der Waals surface area contributed by atoms with E-state index in [9.17, 15) is 85.6 Å². The Morgan fingerprint density at radius 2 is 0.625 bits per heavy atom. The van der Waals surface area contributed by atoms with Crippen LogP contribution in [-0.2, 0) is 91.1 Å². The van der Waals surface area contributed by atoms with Crippen LogP contribution >= 0.6 is 11.3 Å². The van der Waals surface area contributed by atoms with E-state index in [4.69, 9.17) is 0 Å². The van der Waals surface area contributed by atoms with Crippen molar-refractivity contribution in [2.24, 2.45) is 71.0 Å². The maximum Gasteiger partial charge on any atom is 0.159 e. The fourth-order valence-corrected chi connectivity index (χ4v) is 31.4. The topological polar surface area (TPSA) is 205 Å². The van der Waals surface area contributed by atoms with Crippen LogP contribution in [0.3, 0.4) is 0 Å². The second-order valence-corrected chi connectivity index (χ2v) is 60.9. The van der Waals surface area contributed by atoms with E-state index in [2.05, 4.69) is 79.0 Å². The molecule has 0 unspecified atom stereocenters. The number of halogens is 8. The number of aryl methyl sites for hydroxylation is 5. The molecule has 0 radical (unpaired) electrons. The fourth-order valence-electron chi connectivity index (χ4n) is 22.4. The minimum atomic E-state index is -2.98. The number of thiophene rings is 1. The van der Waals surface area contributed by atoms with Gasteiger partial charge in [0.1, 0.15) is 44.7 Å². The third-order valence-electron chi connectivity index (χ3n) is 32.4. The van der Waals surface area contributed by atoms with E-state index in [0.717, 1.165) is 196 Å². The zero-order valence-electron chi connectivity index (χ0n) is 87.4. The van der Waals surface area contributed by atoms with E-state index < -0.39 is 106 Å². The van der Waals surface area contributed by atoms with Crippen LogP contribution in [0.4, 0.5) is 35.1 Å². The number of sulfone groups is 6. The van der Waals surface area contributed by atoms with E-state index in [1.807, 2.05) is 11.3 Å². The van der Waals surface area contributed by atoms with E-state index in [0.29, 0.717) is 101 Å². The van der Waals surface area contributed by atoms with Gasteiger partial charge < -0.3 is 0 Å². The molecular formula is C117H164F8O12S7. The van der Waals surface area contributed by atoms with Gasteiger partial charge in [0, 0.05) is 34.1 Å². The first-order valence-corrected chi connectivity index (χ1v) is 65.0. The standard InChI is InChI=1S/C25H32O2S.C20H28O2S2.4C18H26F2O2S/c1-18(2)28(26,27)17-20-13-11-19(12-14-20)15-16-25-23-9-5-3-7-21(23)22-8-4-6-10-24(22)25;1-3-24(21,22)14-17-7-4-16(5-8-17)6-9-18-12-15(2)20-19(13-18)10-11-23-20;1-13(2)23(21,22)12-15-6-3-14(4-7-15)5-8-16-9-17(19)11-18(20)10-16;1-13(2)23(21,22)12-16-7-4-14(5-8-16)3-6-15-9-10-17(19)18(20)11-15;1-13(2)23(21,22)12-15-5-3-14(4-6-15)7-8-16-9-10-17(19)11-18(16)20;1-13(2)23(21,22)12-15-8-6-14(7-9-15)10-11-16-17(19)4-3-5-18(16)20/h3-10,18-20,25H,11-17H2,1-2H3;10-13,16-17H,3-9,14H2,1-2H3;9-11,13-15H,3-8,12H2,1-2H3;9-11,13-14,16H,3-8,12H2,1-2H3;9-11,13-15H,3-8,12H2,1-2H3;3-5,13-15H,6-12H2,1-2H3. The summed E-state index contributed by atoms with van der Waals surface area (Å²) in [5.41, 5.74) is 10.9. The summed E-state index contributed by atoms with van der Waals surface area (Å²) in [6.07, 6.45) is 35.3. The third kappa shape index (κ3) is 37.9. The molecule has 7 aliphatic rings. The highest BCUT2D eigenvalue weighted by molar-refractivity contribution is 7.93. The number of benzene rings is 7. The maximum atomic E-state index is 13.6. The second-order valence-electron chi connectivity index (χ2n) is 44.6. The lowest BCUT2D eigenvalue weighted by Crippen LogP contribution is -2.26. The molecule has 7 aliphatic carbocycles. The molecule has 0 atom stereocenters. The predicted molar refractivity (Wildman–Crippen MR) is 578 cm³/mol. The summed E-state index contributed by atoms with van der Waals surface area (Å²) >= 11 is 1.83. The van der Waals surface area contributed by atoms with Crippen LogP contribution in [0.15, 0.2) is 145 Å². The van der Waals surface area contributed by atoms with Crippen LogP contribution in [0, 0.1) is 124 Å². The molecule has 8 aromatic rings. The molecule has 144 heavy (non-hydrogen) atoms. The van der Waals surface area contributed by atoms with Crippen molar-refractivity contribution in [3.8, 4) is 11.1 Å². The Bertz CT molecular complexity index is 5990. The van der Waals surface area contributed by atoms with Crippen molar-refractivity contribution in [1.82, 2.24) is 0 Å². The van der Waals surface area contributed by atoms with Gasteiger partial charge in [0.2, 0.25) is 0 Å². The molecule has 6 fully saturated rings. The first kappa shape index (κ1) is 120. The van der Waals surface area contributed by atoms with Crippen molar-refractivity contribution >= 4 is 80.4 Å². The van der Waals surface area contributed by atoms with Crippen LogP contribution in [0.5, 0.6) is 0 Å². The molecule has 6 saturated carbocycles. The summed E-state index contributed by atoms with van der Waals surface area (Å²) in [6, 6.07) is 40.1. The maximum absolute atomic E-state index is 13.6. The van der Waals surface area contributed by atoms with Crippen LogP contribution in [0.2, 0.25) is 0 Å². The molecule has 27 heteroatoms. The van der Waals surface area contributed by atoms with Crippen LogP contribution in [-0.4, -0.2) is 117 Å². The summed E-state index contributed by atoms with van der Waals surface area (Å²) in [7, 11) is -17.6. The van der Waals surface area contributed by atoms with E-state index >= 15 is 0 Å². The van der Waals surface area contributed by atoms with Gasteiger partial charge in [-0.3, -0.25) is 0 Å². The Morgan fingerprint density at radius 3 is 0.993 bits per heavy atom. The molecule has 1 aromatic heterocycles. The Hall–Kier alpha value is -6.36. The average molecular weight is 2140 g/mol. The first-order valence-electron chi connectivity index (χ1n) is 53.7. The van der Waals surface area contributed by atoms with Crippen molar-refractivity contribution in [3.63, 3.8) is 0 Å². The zero-order valence-corrected chi connectivity index (χ0v) is 93.2. The fraction of sp³-hybridized carbons (Fsp3) is 0.624. The lowest BCUT2D eigenvalue weighted by atomic mass is 9.78. The molecule has 0 aliphatic heterocycles. The summed E-state index contributed by atoms with van der Waals surface area (Å²) < 4.78 is 251. The summed E-state index contributed by atoms with van der Waals surface area (Å²) in [6.45, 7) is 21.4. The molecular weight excluding hydrogens is 1970 g/mol. The molecule has 0 saturated heterocycles. The van der Waals surface area contributed by atoms with Crippen molar-refractivity contribution in [2.75, 3.05) is 40.3 Å². The van der Waals surface area contributed by atoms with Crippen LogP contribution in [0.25, 0.3) is 21.2 Å². The molecule has 15 rings (SSSR count). The summed E-state index contributed by atoms with van der Waals surface area (Å²) in [5.74, 6) is 3.56. The Labute approximate surface area is 864 Å². The van der Waals surface area contributed by atoms with E-state index in [-0.39, 0.29) is 67.0 Å². The lowest BCUT2D eigenvalue weighted by molar-refractivity contribution is 0.272. The quantitative estimate of drug-likeness (QED) is 0.0336. The van der Waals surface area contributed by atoms with Gasteiger partial charge in [-0.15, -0.1) is 11.3 Å². The van der Waals surface area contributed by atoms with E-state index in [1.165, 1.54) is 143 Å². The smallest absolute Gasteiger partial charge is 0.159 e. The molecule has 0 N–H and O–H groups in total. The minimum Gasteiger partial charge on any atom is -0.229 e. The molecule has 0 amide bonds. The van der Waals surface area contributed by atoms with Gasteiger partial charge in [-0.2, -0.15) is 0 Å². The van der Waals surface area contributed by atoms with Crippen molar-refractivity contribution in [1.29, 1.82) is 0 Å². The van der Waals surface area contributed by atoms with Gasteiger partial charge in [0.15, 0.2) is 60.8 Å². The zero-order chi connectivity index (χ0) is 105. The first-order chi connectivity index (χ1) is 68.0. The van der Waals surface area contributed by atoms with Gasteiger partial charge in [-0.25, -0.2) is 85.6 Å². The number of rotatable bonds is 36. The molecule has 12 nitrogen and oxygen atoms in total. The SMILES string of the molecule is CC(C)S(=O)(=O)CC1CCC(CCC2c3ccccc3-c3ccccc32)CC1.CC(C)S(=O)(=O)CC1CCC(CCc2c(F)cccc2F)CC1.CC(C)S(=O)(=O)CC1CCC(CCc2cc(F)cc(F)c2)CC1.CC(C)S(=O)(=O)CC1CCC(CCc2ccc(F)c(F)c2)CC1.CC(C)S(=O)(=O)CC1CCC(CCc2ccc(F)cc2F)CC1.CCS(=O)(=O)CC1CCC(CCc2cc(C)c3sccc3c2)CC1. The highest BCUT2D eigenvalue weighted by atomic mass is 32.2. The van der Waals surface area contributed by atoms with Crippen molar-refractivity contribution in [2.45, 2.75) is 346 Å². The number of hydrogen-bond acceptors (Lipinski definition) is 13. The highest BCUT2D eigenvalue weighted by Gasteiger charge is 2.36. The largest absolute Gasteiger partial charge is 0.229 e. The average Bonchev–Trinajstić information content (AvgIpc) is 1.61. The summed E-state index contributed by atoms with van der Waals surface area (Å²) in [4.78, 5) is 0. The number of fused-ring (bicyclic) bond motifs is 4. The lowest BCUT2D eigenvalue weighted by Gasteiger charge is -2.29.